The van der Waals surface area contributed by atoms with Crippen LogP contribution < -0.4 is 0 Å². The van der Waals surface area contributed by atoms with Crippen molar-refractivity contribution in [1.29, 1.82) is 0 Å². The Morgan fingerprint density at radius 1 is 0.323 bits per heavy atom. The Hall–Kier alpha value is -3.58. The fourth-order valence-electron chi connectivity index (χ4n) is 7.94. The summed E-state index contributed by atoms with van der Waals surface area (Å²) in [6.07, 6.45) is -4.52. The van der Waals surface area contributed by atoms with Gasteiger partial charge in [0.15, 0.2) is 12.6 Å². The lowest BCUT2D eigenvalue weighted by Gasteiger charge is -2.48. The molecule has 0 N–H and O–H groups in total. The number of hydrogen-bond donors (Lipinski definition) is 0. The van der Waals surface area contributed by atoms with E-state index in [1.54, 1.807) is 0 Å². The molecule has 2 aliphatic heterocycles. The Labute approximate surface area is 410 Å². The Morgan fingerprint density at radius 3 is 0.846 bits per heavy atom. The number of benzene rings is 6. The van der Waals surface area contributed by atoms with Crippen LogP contribution in [0.2, 0.25) is 0 Å². The van der Waals surface area contributed by atoms with Crippen LogP contribution in [0, 0.1) is 0 Å². The van der Waals surface area contributed by atoms with Gasteiger partial charge in [-0.15, -0.1) is 0 Å². The van der Waals surface area contributed by atoms with E-state index in [2.05, 4.69) is 118 Å². The molecule has 0 amide bonds. The van der Waals surface area contributed by atoms with Crippen LogP contribution in [0.5, 0.6) is 0 Å². The van der Waals surface area contributed by atoms with Crippen LogP contribution in [0.1, 0.15) is 33.4 Å². The zero-order valence-corrected chi connectivity index (χ0v) is 40.5. The summed E-state index contributed by atoms with van der Waals surface area (Å²) in [5.74, 6) is 0. The van der Waals surface area contributed by atoms with Crippen LogP contribution >= 0.6 is 45.2 Å². The minimum atomic E-state index is -0.775. The molecule has 2 saturated heterocycles. The van der Waals surface area contributed by atoms with Crippen LogP contribution in [0.15, 0.2) is 182 Å². The maximum atomic E-state index is 7.09. The van der Waals surface area contributed by atoms with Crippen LogP contribution in [-0.2, 0) is 82.3 Å². The van der Waals surface area contributed by atoms with Gasteiger partial charge in [0.05, 0.1) is 60.7 Å². The van der Waals surface area contributed by atoms with Crippen LogP contribution in [0.4, 0.5) is 0 Å². The molecule has 8 rings (SSSR count). The Morgan fingerprint density at radius 2 is 0.569 bits per heavy atom. The van der Waals surface area contributed by atoms with E-state index in [1.165, 1.54) is 0 Å². The van der Waals surface area contributed by atoms with E-state index in [9.17, 15) is 0 Å². The highest BCUT2D eigenvalue weighted by molar-refractivity contribution is 14.1. The van der Waals surface area contributed by atoms with Crippen LogP contribution in [-0.4, -0.2) is 70.3 Å². The average Bonchev–Trinajstić information content (AvgIpc) is 3.36. The number of hydrogen-bond acceptors (Lipinski definition) is 9. The SMILES string of the molecule is I[C@@H]1[C@@H](O[C@H]2O[C@H](COCc3ccccc3)[C@@H](OCc3ccccc3)[C@H](OCc3ccccc3)[C@@H]2I)O[C@H](COCc2ccccc2)[C@@H](OCc2ccccc2)[C@@H]1OCc1ccccc1. The van der Waals surface area contributed by atoms with Crippen LogP contribution in [0.25, 0.3) is 0 Å². The van der Waals surface area contributed by atoms with Crippen molar-refractivity contribution in [2.24, 2.45) is 0 Å². The summed E-state index contributed by atoms with van der Waals surface area (Å²) < 4.78 is 60.6. The topological polar surface area (TPSA) is 83.1 Å². The lowest BCUT2D eigenvalue weighted by atomic mass is 9.99. The molecule has 9 nitrogen and oxygen atoms in total. The quantitative estimate of drug-likeness (QED) is 0.0488. The predicted molar refractivity (Wildman–Crippen MR) is 266 cm³/mol. The fraction of sp³-hybridized carbons (Fsp3) is 0.333. The van der Waals surface area contributed by atoms with Crippen molar-refractivity contribution < 1.29 is 42.6 Å². The third-order valence-corrected chi connectivity index (χ3v) is 13.9. The van der Waals surface area contributed by atoms with E-state index >= 15 is 0 Å². The molecule has 11 heteroatoms. The lowest BCUT2D eigenvalue weighted by molar-refractivity contribution is -0.338. The lowest BCUT2D eigenvalue weighted by Crippen LogP contribution is -2.63. The molecule has 340 valence electrons. The van der Waals surface area contributed by atoms with Gasteiger partial charge in [-0.05, 0) is 33.4 Å². The number of ether oxygens (including phenoxy) is 9. The van der Waals surface area contributed by atoms with Gasteiger partial charge in [-0.25, -0.2) is 0 Å². The van der Waals surface area contributed by atoms with Gasteiger partial charge in [0.25, 0.3) is 0 Å². The monoisotopic (exact) mass is 1100 g/mol. The van der Waals surface area contributed by atoms with E-state index < -0.39 is 49.2 Å². The van der Waals surface area contributed by atoms with Crippen molar-refractivity contribution in [3.05, 3.63) is 215 Å². The third-order valence-electron chi connectivity index (χ3n) is 11.3. The molecule has 2 heterocycles. The van der Waals surface area contributed by atoms with E-state index in [1.807, 2.05) is 109 Å². The summed E-state index contributed by atoms with van der Waals surface area (Å²) in [6.45, 7) is 2.84. The van der Waals surface area contributed by atoms with Gasteiger partial charge < -0.3 is 42.6 Å². The zero-order chi connectivity index (χ0) is 44.5. The fourth-order valence-corrected chi connectivity index (χ4v) is 9.85. The summed E-state index contributed by atoms with van der Waals surface area (Å²) in [6, 6.07) is 61.0. The van der Waals surface area contributed by atoms with E-state index in [0.717, 1.165) is 33.4 Å². The molecule has 0 bridgehead atoms. The van der Waals surface area contributed by atoms with Gasteiger partial charge in [-0.1, -0.05) is 227 Å². The Kier molecular flexibility index (Phi) is 18.8. The second kappa shape index (κ2) is 25.5. The highest BCUT2D eigenvalue weighted by Gasteiger charge is 2.52. The summed E-state index contributed by atoms with van der Waals surface area (Å²) in [5.41, 5.74) is 6.35. The van der Waals surface area contributed by atoms with Gasteiger partial charge in [0.1, 0.15) is 36.6 Å². The molecule has 10 atom stereocenters. The zero-order valence-electron chi connectivity index (χ0n) is 36.2. The van der Waals surface area contributed by atoms with E-state index in [-0.39, 0.29) is 21.1 Å². The summed E-state index contributed by atoms with van der Waals surface area (Å²) in [5, 5.41) is 0. The standard InChI is InChI=1S/C54H56I2O9/c55-47-51(61-35-43-27-15-5-16-28-43)49(59-33-41-23-11-3-12-24-41)45(37-57-31-39-19-7-1-8-20-39)63-53(47)65-54-48(56)52(62-36-44-29-17-6-18-30-44)50(60-34-42-25-13-4-14-26-42)46(64-54)38-58-32-40-21-9-2-10-22-40/h1-30,45-54H,31-38H2/t45-,46-,47+,48+,49-,50-,51-,52-,53-,54-/m1/s1. The largest absolute Gasteiger partial charge is 0.374 e. The molecular weight excluding hydrogens is 1050 g/mol. The normalized spacial score (nSPS) is 25.6. The molecule has 0 unspecified atom stereocenters. The molecule has 0 aromatic heterocycles. The highest BCUT2D eigenvalue weighted by Crippen LogP contribution is 2.38. The first-order valence-electron chi connectivity index (χ1n) is 22.2. The summed E-state index contributed by atoms with van der Waals surface area (Å²) >= 11 is 4.81. The van der Waals surface area contributed by atoms with Crippen molar-refractivity contribution in [3.8, 4) is 0 Å². The first kappa shape index (κ1) is 47.9. The first-order chi connectivity index (χ1) is 32.1. The van der Waals surface area contributed by atoms with Crippen molar-refractivity contribution in [2.75, 3.05) is 13.2 Å². The molecule has 65 heavy (non-hydrogen) atoms. The van der Waals surface area contributed by atoms with Gasteiger partial charge in [0.2, 0.25) is 0 Å². The van der Waals surface area contributed by atoms with Crippen molar-refractivity contribution in [3.63, 3.8) is 0 Å². The van der Waals surface area contributed by atoms with Crippen LogP contribution in [0.3, 0.4) is 0 Å². The highest BCUT2D eigenvalue weighted by atomic mass is 127. The van der Waals surface area contributed by atoms with Gasteiger partial charge in [-0.2, -0.15) is 0 Å². The number of rotatable bonds is 22. The minimum absolute atomic E-state index is 0.246. The van der Waals surface area contributed by atoms with Gasteiger partial charge in [-0.3, -0.25) is 0 Å². The van der Waals surface area contributed by atoms with E-state index in [4.69, 9.17) is 42.6 Å². The molecular formula is C54H56I2O9. The summed E-state index contributed by atoms with van der Waals surface area (Å²) in [4.78, 5) is 0. The Bertz CT molecular complexity index is 2050. The minimum Gasteiger partial charge on any atom is -0.374 e. The molecule has 2 aliphatic rings. The van der Waals surface area contributed by atoms with Gasteiger partial charge in [0, 0.05) is 0 Å². The smallest absolute Gasteiger partial charge is 0.175 e. The summed E-state index contributed by atoms with van der Waals surface area (Å²) in [7, 11) is 0. The second-order valence-corrected chi connectivity index (χ2v) is 19.0. The average molecular weight is 1100 g/mol. The second-order valence-electron chi connectivity index (χ2n) is 16.2. The maximum Gasteiger partial charge on any atom is 0.175 e. The molecule has 0 saturated carbocycles. The van der Waals surface area contributed by atoms with Crippen molar-refractivity contribution in [1.82, 2.24) is 0 Å². The molecule has 0 spiro atoms. The molecule has 6 aromatic carbocycles. The van der Waals surface area contributed by atoms with E-state index in [0.29, 0.717) is 39.6 Å². The molecule has 0 aliphatic carbocycles. The van der Waals surface area contributed by atoms with Crippen molar-refractivity contribution >= 4 is 45.2 Å². The number of halogens is 2. The third kappa shape index (κ3) is 14.2. The molecule has 6 aromatic rings. The first-order valence-corrected chi connectivity index (χ1v) is 24.7. The molecule has 0 radical (unpaired) electrons. The number of alkyl halides is 2. The van der Waals surface area contributed by atoms with Gasteiger partial charge >= 0.3 is 0 Å². The predicted octanol–water partition coefficient (Wildman–Crippen LogP) is 10.8. The van der Waals surface area contributed by atoms with Crippen molar-refractivity contribution in [2.45, 2.75) is 96.7 Å². The molecule has 2 fully saturated rings. The maximum absolute atomic E-state index is 7.09. The Balaban J connectivity index is 1.07.